The molecule has 0 saturated heterocycles. The molecule has 0 fully saturated rings. The Hall–Kier alpha value is -5.02. The zero-order chi connectivity index (χ0) is 46.1. The van der Waals surface area contributed by atoms with Crippen molar-refractivity contribution in [1.82, 2.24) is 16.0 Å². The monoisotopic (exact) mass is 860 g/mol. The number of carbonyl (C=O) groups is 2. The second-order valence-electron chi connectivity index (χ2n) is 21.6. The first kappa shape index (κ1) is 47.5. The molecule has 0 radical (unpaired) electrons. The second-order valence-corrected chi connectivity index (χ2v) is 21.6. The van der Waals surface area contributed by atoms with Crippen LogP contribution in [0.5, 0.6) is 23.0 Å². The maximum absolute atomic E-state index is 13.5. The lowest BCUT2D eigenvalue weighted by Crippen LogP contribution is -2.38. The van der Waals surface area contributed by atoms with Crippen LogP contribution in [0, 0.1) is 0 Å². The molecule has 0 unspecified atom stereocenters. The summed E-state index contributed by atoms with van der Waals surface area (Å²) in [6.07, 6.45) is 2.00. The van der Waals surface area contributed by atoms with Gasteiger partial charge in [-0.2, -0.15) is 0 Å². The minimum absolute atomic E-state index is 0.146. The molecular weight excluding hydrogens is 787 g/mol. The average Bonchev–Trinajstić information content (AvgIpc) is 3.17. The van der Waals surface area contributed by atoms with Gasteiger partial charge < -0.3 is 34.9 Å². The molecule has 10 bridgehead atoms. The molecule has 3 N–H and O–H groups in total. The summed E-state index contributed by atoms with van der Waals surface area (Å²) in [5.74, 6) is 2.57. The molecule has 4 aromatic rings. The molecular formula is C54H73N3O6. The molecule has 63 heavy (non-hydrogen) atoms. The van der Waals surface area contributed by atoms with E-state index in [-0.39, 0.29) is 46.7 Å². The van der Waals surface area contributed by atoms with Crippen molar-refractivity contribution in [3.05, 3.63) is 115 Å². The highest BCUT2D eigenvalue weighted by Gasteiger charge is 2.29. The molecule has 1 aliphatic carbocycles. The zero-order valence-electron chi connectivity index (χ0n) is 40.6. The van der Waals surface area contributed by atoms with Crippen LogP contribution in [0.2, 0.25) is 0 Å². The number of amides is 2. The summed E-state index contributed by atoms with van der Waals surface area (Å²) < 4.78 is 26.5. The highest BCUT2D eigenvalue weighted by atomic mass is 16.5. The largest absolute Gasteiger partial charge is 0.496 e. The normalized spacial score (nSPS) is 16.0. The number of nitrogens with one attached hydrogen (secondary N) is 3. The molecule has 2 aliphatic rings. The Kier molecular flexibility index (Phi) is 14.0. The molecule has 1 heterocycles. The van der Waals surface area contributed by atoms with Crippen molar-refractivity contribution in [2.24, 2.45) is 0 Å². The lowest BCUT2D eigenvalue weighted by atomic mass is 9.79. The van der Waals surface area contributed by atoms with Crippen LogP contribution in [0.25, 0.3) is 0 Å². The van der Waals surface area contributed by atoms with Gasteiger partial charge in [0.1, 0.15) is 23.0 Å². The lowest BCUT2D eigenvalue weighted by Gasteiger charge is -2.29. The first-order chi connectivity index (χ1) is 29.5. The van der Waals surface area contributed by atoms with Gasteiger partial charge in [-0.1, -0.05) is 132 Å². The van der Waals surface area contributed by atoms with Crippen LogP contribution >= 0.6 is 0 Å². The Morgan fingerprint density at radius 3 is 0.905 bits per heavy atom. The summed E-state index contributed by atoms with van der Waals surface area (Å²) >= 11 is 0. The van der Waals surface area contributed by atoms with Gasteiger partial charge in [0.25, 0.3) is 11.8 Å². The van der Waals surface area contributed by atoms with E-state index in [1.165, 1.54) is 22.3 Å². The van der Waals surface area contributed by atoms with Crippen LogP contribution in [0.4, 0.5) is 0 Å². The van der Waals surface area contributed by atoms with Crippen molar-refractivity contribution in [2.75, 3.05) is 53.6 Å². The average molecular weight is 860 g/mol. The Balaban J connectivity index is 1.78. The molecule has 9 heteroatoms. The smallest absolute Gasteiger partial charge is 0.257 e. The van der Waals surface area contributed by atoms with Crippen molar-refractivity contribution >= 4 is 11.8 Å². The third-order valence-corrected chi connectivity index (χ3v) is 12.3. The van der Waals surface area contributed by atoms with E-state index in [9.17, 15) is 9.59 Å². The van der Waals surface area contributed by atoms with Crippen molar-refractivity contribution < 1.29 is 28.5 Å². The zero-order valence-corrected chi connectivity index (χ0v) is 40.6. The van der Waals surface area contributed by atoms with Gasteiger partial charge >= 0.3 is 0 Å². The summed E-state index contributed by atoms with van der Waals surface area (Å²) in [6, 6.07) is 18.1. The SMILES string of the molecule is COc1c2cc(C(C)(C)C)cc1Cc1cc(C(C)(C)C)cc3c1OCC(=O)NCCNCCNC(=O)COc1c(cc(C(C)(C)C)cc1Cc1cc(C(C)(C)C)cc(c1OC)C3)C2. The third kappa shape index (κ3) is 11.4. The van der Waals surface area contributed by atoms with E-state index < -0.39 is 0 Å². The van der Waals surface area contributed by atoms with Crippen LogP contribution in [0.3, 0.4) is 0 Å². The highest BCUT2D eigenvalue weighted by Crippen LogP contribution is 2.44. The molecule has 0 aromatic heterocycles. The van der Waals surface area contributed by atoms with E-state index >= 15 is 0 Å². The van der Waals surface area contributed by atoms with E-state index in [1.54, 1.807) is 14.2 Å². The Bertz CT molecular complexity index is 2070. The number of hydrogen-bond acceptors (Lipinski definition) is 7. The number of fused-ring (bicyclic) bond motifs is 2. The summed E-state index contributed by atoms with van der Waals surface area (Å²) in [6.45, 7) is 28.5. The number of rotatable bonds is 2. The maximum Gasteiger partial charge on any atom is 0.257 e. The van der Waals surface area contributed by atoms with E-state index in [1.807, 2.05) is 0 Å². The summed E-state index contributed by atoms with van der Waals surface area (Å²) in [5, 5.41) is 9.35. The predicted molar refractivity (Wildman–Crippen MR) is 255 cm³/mol. The lowest BCUT2D eigenvalue weighted by molar-refractivity contribution is -0.123. The van der Waals surface area contributed by atoms with Gasteiger partial charge in [-0.05, 0) is 88.4 Å². The highest BCUT2D eigenvalue weighted by molar-refractivity contribution is 5.78. The fourth-order valence-electron chi connectivity index (χ4n) is 8.60. The first-order valence-electron chi connectivity index (χ1n) is 22.7. The molecule has 9 nitrogen and oxygen atoms in total. The molecule has 0 atom stereocenters. The van der Waals surface area contributed by atoms with Crippen molar-refractivity contribution in [3.63, 3.8) is 0 Å². The number of methoxy groups -OCH3 is 2. The van der Waals surface area contributed by atoms with Crippen molar-refractivity contribution in [1.29, 1.82) is 0 Å². The van der Waals surface area contributed by atoms with Crippen LogP contribution in [0.15, 0.2) is 48.5 Å². The van der Waals surface area contributed by atoms with Gasteiger partial charge in [0.05, 0.1) is 14.2 Å². The number of ether oxygens (including phenoxy) is 4. The van der Waals surface area contributed by atoms with Crippen molar-refractivity contribution in [2.45, 2.75) is 130 Å². The number of hydrogen-bond donors (Lipinski definition) is 3. The van der Waals surface area contributed by atoms with E-state index in [0.717, 1.165) is 56.0 Å². The molecule has 0 saturated carbocycles. The van der Waals surface area contributed by atoms with Crippen LogP contribution < -0.4 is 34.9 Å². The topological polar surface area (TPSA) is 107 Å². The number of carbonyl (C=O) groups excluding carboxylic acids is 2. The second kappa shape index (κ2) is 18.6. The minimum Gasteiger partial charge on any atom is -0.496 e. The summed E-state index contributed by atoms with van der Waals surface area (Å²) in [5.41, 5.74) is 12.0. The van der Waals surface area contributed by atoms with Gasteiger partial charge in [-0.3, -0.25) is 9.59 Å². The molecule has 4 aromatic carbocycles. The van der Waals surface area contributed by atoms with Gasteiger partial charge in [0.15, 0.2) is 13.2 Å². The Morgan fingerprint density at radius 2 is 0.667 bits per heavy atom. The molecule has 1 aliphatic heterocycles. The maximum atomic E-state index is 13.5. The van der Waals surface area contributed by atoms with Gasteiger partial charge in [-0.25, -0.2) is 0 Å². The Labute approximate surface area is 377 Å². The van der Waals surface area contributed by atoms with Crippen molar-refractivity contribution in [3.8, 4) is 23.0 Å². The molecule has 6 rings (SSSR count). The van der Waals surface area contributed by atoms with Gasteiger partial charge in [0.2, 0.25) is 0 Å². The van der Waals surface area contributed by atoms with Crippen LogP contribution in [-0.2, 0) is 56.9 Å². The molecule has 0 spiro atoms. The molecule has 2 amide bonds. The standard InChI is InChI=1S/C54H73N3O6/c1-51(2,3)41-23-33-19-37-27-43(53(7,8)9)29-39-21-35-25-42(52(4,5)6)26-36(48(35)61-14)22-40-30-44(54(10,11)12)28-38(20-34(24-41)47(33)60-13)50(40)63-32-46(59)57-18-16-55-15-17-56-45(58)31-62-49(37)39/h23-30,55H,15-22,31-32H2,1-14H3,(H,56,58)(H,57,59). The van der Waals surface area contributed by atoms with E-state index in [4.69, 9.17) is 18.9 Å². The third-order valence-electron chi connectivity index (χ3n) is 12.3. The first-order valence-corrected chi connectivity index (χ1v) is 22.7. The summed E-state index contributed by atoms with van der Waals surface area (Å²) in [4.78, 5) is 27.0. The van der Waals surface area contributed by atoms with Crippen LogP contribution in [0.1, 0.15) is 150 Å². The van der Waals surface area contributed by atoms with Gasteiger partial charge in [-0.15, -0.1) is 0 Å². The number of benzene rings is 4. The van der Waals surface area contributed by atoms with E-state index in [0.29, 0.717) is 63.4 Å². The summed E-state index contributed by atoms with van der Waals surface area (Å²) in [7, 11) is 3.50. The van der Waals surface area contributed by atoms with Gasteiger partial charge in [0, 0.05) is 51.9 Å². The minimum atomic E-state index is -0.209. The quantitative estimate of drug-likeness (QED) is 0.163. The predicted octanol–water partition coefficient (Wildman–Crippen LogP) is 9.16. The molecule has 340 valence electrons. The fourth-order valence-corrected chi connectivity index (χ4v) is 8.60. The Morgan fingerprint density at radius 1 is 0.413 bits per heavy atom. The van der Waals surface area contributed by atoms with E-state index in [2.05, 4.69) is 148 Å². The van der Waals surface area contributed by atoms with Crippen LogP contribution in [-0.4, -0.2) is 65.4 Å². The fraction of sp³-hybridized carbons (Fsp3) is 0.519.